The molecule has 0 aliphatic carbocycles. The minimum Gasteiger partial charge on any atom is -0.497 e. The number of aryl methyl sites for hydroxylation is 2. The molecule has 5 nitrogen and oxygen atoms in total. The Hall–Kier alpha value is -2.30. The van der Waals surface area contributed by atoms with E-state index in [1.54, 1.807) is 20.1 Å². The van der Waals surface area contributed by atoms with Crippen LogP contribution in [0.2, 0.25) is 0 Å². The zero-order chi connectivity index (χ0) is 16.9. The van der Waals surface area contributed by atoms with E-state index >= 15 is 0 Å². The van der Waals surface area contributed by atoms with E-state index in [4.69, 9.17) is 9.26 Å². The largest absolute Gasteiger partial charge is 0.497 e. The van der Waals surface area contributed by atoms with Crippen LogP contribution in [0.25, 0.3) is 0 Å². The Bertz CT molecular complexity index is 678. The third-order valence-electron chi connectivity index (χ3n) is 4.65. The molecule has 2 heterocycles. The number of carbonyl (C=O) groups is 1. The molecule has 3 rings (SSSR count). The highest BCUT2D eigenvalue weighted by molar-refractivity contribution is 5.92. The van der Waals surface area contributed by atoms with Crippen molar-refractivity contribution in [3.8, 4) is 5.75 Å². The van der Waals surface area contributed by atoms with Crippen molar-refractivity contribution in [3.05, 3.63) is 47.3 Å². The molecule has 1 fully saturated rings. The standard InChI is InChI=1S/C19H24N2O3/c1-14-12-18(20-24-14)19(22)21-11-3-4-16(13-21)6-5-15-7-9-17(23-2)10-8-15/h7-10,12,16H,3-6,11,13H2,1-2H3/t16-/m1/s1. The molecular weight excluding hydrogens is 304 g/mol. The molecule has 2 aromatic rings. The van der Waals surface area contributed by atoms with Gasteiger partial charge in [0.25, 0.3) is 5.91 Å². The summed E-state index contributed by atoms with van der Waals surface area (Å²) in [6.45, 7) is 3.42. The van der Waals surface area contributed by atoms with E-state index in [0.29, 0.717) is 17.4 Å². The monoisotopic (exact) mass is 328 g/mol. The zero-order valence-electron chi connectivity index (χ0n) is 14.3. The second-order valence-electron chi connectivity index (χ2n) is 6.47. The summed E-state index contributed by atoms with van der Waals surface area (Å²) in [7, 11) is 1.68. The number of piperidine rings is 1. The van der Waals surface area contributed by atoms with Gasteiger partial charge in [-0.05, 0) is 56.2 Å². The molecule has 24 heavy (non-hydrogen) atoms. The summed E-state index contributed by atoms with van der Waals surface area (Å²) >= 11 is 0. The normalized spacial score (nSPS) is 17.8. The molecule has 0 spiro atoms. The van der Waals surface area contributed by atoms with E-state index in [1.807, 2.05) is 17.0 Å². The fourth-order valence-electron chi connectivity index (χ4n) is 3.28. The highest BCUT2D eigenvalue weighted by Crippen LogP contribution is 2.23. The number of amides is 1. The number of hydrogen-bond donors (Lipinski definition) is 0. The maximum atomic E-state index is 12.5. The number of methoxy groups -OCH3 is 1. The summed E-state index contributed by atoms with van der Waals surface area (Å²) in [6, 6.07) is 9.94. The fourth-order valence-corrected chi connectivity index (χ4v) is 3.28. The predicted octanol–water partition coefficient (Wildman–Crippen LogP) is 3.48. The van der Waals surface area contributed by atoms with E-state index in [2.05, 4.69) is 17.3 Å². The minimum absolute atomic E-state index is 0.0130. The Morgan fingerprint density at radius 3 is 2.83 bits per heavy atom. The molecule has 1 saturated heterocycles. The number of aromatic nitrogens is 1. The summed E-state index contributed by atoms with van der Waals surface area (Å²) in [5, 5.41) is 3.85. The number of nitrogens with zero attached hydrogens (tertiary/aromatic N) is 2. The first kappa shape index (κ1) is 16.6. The lowest BCUT2D eigenvalue weighted by atomic mass is 9.91. The Morgan fingerprint density at radius 1 is 1.38 bits per heavy atom. The van der Waals surface area contributed by atoms with Crippen molar-refractivity contribution in [2.45, 2.75) is 32.6 Å². The molecular formula is C19H24N2O3. The summed E-state index contributed by atoms with van der Waals surface area (Å²) in [5.41, 5.74) is 1.73. The van der Waals surface area contributed by atoms with Crippen molar-refractivity contribution in [1.29, 1.82) is 0 Å². The van der Waals surface area contributed by atoms with Crippen LogP contribution in [0.1, 0.15) is 41.1 Å². The van der Waals surface area contributed by atoms with E-state index in [-0.39, 0.29) is 5.91 Å². The van der Waals surface area contributed by atoms with Gasteiger partial charge in [-0.15, -0.1) is 0 Å². The first-order valence-corrected chi connectivity index (χ1v) is 8.51. The average Bonchev–Trinajstić information content (AvgIpc) is 3.06. The smallest absolute Gasteiger partial charge is 0.276 e. The summed E-state index contributed by atoms with van der Waals surface area (Å²) < 4.78 is 10.2. The van der Waals surface area contributed by atoms with Gasteiger partial charge in [0.1, 0.15) is 11.5 Å². The molecule has 0 N–H and O–H groups in total. The lowest BCUT2D eigenvalue weighted by Gasteiger charge is -2.32. The number of likely N-dealkylation sites (tertiary alicyclic amines) is 1. The van der Waals surface area contributed by atoms with E-state index in [9.17, 15) is 4.79 Å². The van der Waals surface area contributed by atoms with Gasteiger partial charge in [0.2, 0.25) is 0 Å². The van der Waals surface area contributed by atoms with Gasteiger partial charge in [0, 0.05) is 19.2 Å². The number of hydrogen-bond acceptors (Lipinski definition) is 4. The molecule has 1 aliphatic heterocycles. The topological polar surface area (TPSA) is 55.6 Å². The van der Waals surface area contributed by atoms with Gasteiger partial charge in [-0.2, -0.15) is 0 Å². The Labute approximate surface area is 142 Å². The van der Waals surface area contributed by atoms with Crippen LogP contribution in [0.5, 0.6) is 5.75 Å². The van der Waals surface area contributed by atoms with Crippen LogP contribution in [0.15, 0.2) is 34.9 Å². The Kier molecular flexibility index (Phi) is 5.18. The first-order valence-electron chi connectivity index (χ1n) is 8.51. The van der Waals surface area contributed by atoms with Gasteiger partial charge in [-0.3, -0.25) is 4.79 Å². The molecule has 1 amide bonds. The lowest BCUT2D eigenvalue weighted by Crippen LogP contribution is -2.40. The average molecular weight is 328 g/mol. The Morgan fingerprint density at radius 2 is 2.17 bits per heavy atom. The van der Waals surface area contributed by atoms with Crippen molar-refractivity contribution < 1.29 is 14.1 Å². The van der Waals surface area contributed by atoms with Crippen molar-refractivity contribution in [3.63, 3.8) is 0 Å². The number of benzene rings is 1. The van der Waals surface area contributed by atoms with Crippen molar-refractivity contribution in [1.82, 2.24) is 10.1 Å². The van der Waals surface area contributed by atoms with Crippen LogP contribution in [0.4, 0.5) is 0 Å². The van der Waals surface area contributed by atoms with E-state index in [1.165, 1.54) is 12.0 Å². The second kappa shape index (κ2) is 7.51. The van der Waals surface area contributed by atoms with Gasteiger partial charge in [-0.25, -0.2) is 0 Å². The number of rotatable bonds is 5. The first-order chi connectivity index (χ1) is 11.7. The predicted molar refractivity (Wildman–Crippen MR) is 91.2 cm³/mol. The zero-order valence-corrected chi connectivity index (χ0v) is 14.3. The quantitative estimate of drug-likeness (QED) is 0.843. The Balaban J connectivity index is 1.54. The lowest BCUT2D eigenvalue weighted by molar-refractivity contribution is 0.0658. The second-order valence-corrected chi connectivity index (χ2v) is 6.47. The van der Waals surface area contributed by atoms with Crippen LogP contribution in [-0.4, -0.2) is 36.2 Å². The van der Waals surface area contributed by atoms with Crippen LogP contribution in [0.3, 0.4) is 0 Å². The third kappa shape index (κ3) is 3.96. The molecule has 1 atom stereocenters. The van der Waals surface area contributed by atoms with Crippen molar-refractivity contribution >= 4 is 5.91 Å². The van der Waals surface area contributed by atoms with Gasteiger partial charge >= 0.3 is 0 Å². The molecule has 1 aliphatic rings. The van der Waals surface area contributed by atoms with Crippen LogP contribution < -0.4 is 4.74 Å². The number of ether oxygens (including phenoxy) is 1. The molecule has 5 heteroatoms. The van der Waals surface area contributed by atoms with Crippen molar-refractivity contribution in [2.75, 3.05) is 20.2 Å². The maximum Gasteiger partial charge on any atom is 0.276 e. The molecule has 1 aromatic carbocycles. The van der Waals surface area contributed by atoms with Crippen molar-refractivity contribution in [2.24, 2.45) is 5.92 Å². The molecule has 1 aromatic heterocycles. The molecule has 0 saturated carbocycles. The van der Waals surface area contributed by atoms with Gasteiger partial charge < -0.3 is 14.2 Å². The third-order valence-corrected chi connectivity index (χ3v) is 4.65. The van der Waals surface area contributed by atoms with Gasteiger partial charge in [-0.1, -0.05) is 17.3 Å². The molecule has 0 bridgehead atoms. The molecule has 128 valence electrons. The molecule has 0 radical (unpaired) electrons. The number of carbonyl (C=O) groups excluding carboxylic acids is 1. The highest BCUT2D eigenvalue weighted by Gasteiger charge is 2.26. The minimum atomic E-state index is -0.0130. The SMILES string of the molecule is COc1ccc(CC[C@H]2CCCN(C(=O)c3cc(C)on3)C2)cc1. The van der Waals surface area contributed by atoms with E-state index < -0.39 is 0 Å². The van der Waals surface area contributed by atoms with Crippen LogP contribution >= 0.6 is 0 Å². The summed E-state index contributed by atoms with van der Waals surface area (Å²) in [6.07, 6.45) is 4.35. The van der Waals surface area contributed by atoms with Gasteiger partial charge in [0.05, 0.1) is 7.11 Å². The summed E-state index contributed by atoms with van der Waals surface area (Å²) in [5.74, 6) is 2.08. The fraction of sp³-hybridized carbons (Fsp3) is 0.474. The molecule has 0 unspecified atom stereocenters. The maximum absolute atomic E-state index is 12.5. The highest BCUT2D eigenvalue weighted by atomic mass is 16.5. The van der Waals surface area contributed by atoms with Gasteiger partial charge in [0.15, 0.2) is 5.69 Å². The van der Waals surface area contributed by atoms with Crippen LogP contribution in [0, 0.1) is 12.8 Å². The summed E-state index contributed by atoms with van der Waals surface area (Å²) in [4.78, 5) is 14.4. The van der Waals surface area contributed by atoms with E-state index in [0.717, 1.165) is 38.1 Å². The van der Waals surface area contributed by atoms with Crippen LogP contribution in [-0.2, 0) is 6.42 Å².